The molecule has 3 rings (SSSR count). The van der Waals surface area contributed by atoms with Crippen molar-refractivity contribution in [3.63, 3.8) is 0 Å². The number of rotatable bonds is 9. The van der Waals surface area contributed by atoms with Crippen LogP contribution in [0.5, 0.6) is 5.75 Å². The highest BCUT2D eigenvalue weighted by molar-refractivity contribution is 6.35. The number of nitrogens with one attached hydrogen (secondary N) is 2. The van der Waals surface area contributed by atoms with Crippen LogP contribution in [0.4, 0.5) is 4.79 Å². The molecule has 2 aromatic carbocycles. The Morgan fingerprint density at radius 1 is 1.06 bits per heavy atom. The molecule has 0 saturated heterocycles. The number of carbonyl (C=O) groups excluding carboxylic acids is 2. The number of ether oxygens (including phenoxy) is 2. The Morgan fingerprint density at radius 2 is 1.75 bits per heavy atom. The minimum atomic E-state index is -0.610. The molecule has 0 radical (unpaired) electrons. The van der Waals surface area contributed by atoms with E-state index in [0.717, 1.165) is 18.4 Å². The largest absolute Gasteiger partial charge is 0.489 e. The molecule has 0 aromatic heterocycles. The highest BCUT2D eigenvalue weighted by Crippen LogP contribution is 2.31. The third-order valence-electron chi connectivity index (χ3n) is 5.09. The van der Waals surface area contributed by atoms with E-state index in [1.807, 2.05) is 12.1 Å². The topological polar surface area (TPSA) is 76.7 Å². The summed E-state index contributed by atoms with van der Waals surface area (Å²) in [6, 6.07) is 11.5. The summed E-state index contributed by atoms with van der Waals surface area (Å²) in [6.07, 6.45) is 2.38. The third-order valence-corrected chi connectivity index (χ3v) is 5.80. The predicted molar refractivity (Wildman–Crippen MR) is 125 cm³/mol. The summed E-state index contributed by atoms with van der Waals surface area (Å²) >= 11 is 12.4. The minimum Gasteiger partial charge on any atom is -0.489 e. The molecule has 1 aliphatic heterocycles. The highest BCUT2D eigenvalue weighted by Gasteiger charge is 2.33. The lowest BCUT2D eigenvalue weighted by molar-refractivity contribution is -0.139. The number of benzene rings is 2. The third kappa shape index (κ3) is 5.75. The van der Waals surface area contributed by atoms with Crippen molar-refractivity contribution >= 4 is 35.2 Å². The Balaban J connectivity index is 1.83. The average Bonchev–Trinajstić information content (AvgIpc) is 2.77. The Hall–Kier alpha value is -2.70. The van der Waals surface area contributed by atoms with E-state index in [9.17, 15) is 9.59 Å². The molecule has 6 nitrogen and oxygen atoms in total. The van der Waals surface area contributed by atoms with Crippen LogP contribution in [0.1, 0.15) is 50.3 Å². The molecular formula is C24H26Cl2N2O4. The molecule has 2 aromatic rings. The molecule has 32 heavy (non-hydrogen) atoms. The van der Waals surface area contributed by atoms with Gasteiger partial charge in [0.25, 0.3) is 0 Å². The molecule has 0 saturated carbocycles. The van der Waals surface area contributed by atoms with E-state index in [1.165, 1.54) is 0 Å². The van der Waals surface area contributed by atoms with Gasteiger partial charge in [0.2, 0.25) is 0 Å². The maximum Gasteiger partial charge on any atom is 0.338 e. The number of esters is 1. The van der Waals surface area contributed by atoms with Crippen LogP contribution in [0.3, 0.4) is 0 Å². The van der Waals surface area contributed by atoms with E-state index in [0.29, 0.717) is 39.0 Å². The Bertz CT molecular complexity index is 985. The number of halogens is 2. The number of carbonyl (C=O) groups is 2. The van der Waals surface area contributed by atoms with Crippen molar-refractivity contribution < 1.29 is 19.1 Å². The summed E-state index contributed by atoms with van der Waals surface area (Å²) in [5.74, 6) is 0.169. The SMILES string of the molecule is CCCCC1=C(C(=O)OCC)C(c2ccc(OCc3c(Cl)cccc3Cl)cc2)NC(=O)N1. The van der Waals surface area contributed by atoms with Crippen LogP contribution >= 0.6 is 23.2 Å². The normalized spacial score (nSPS) is 15.8. The smallest absolute Gasteiger partial charge is 0.338 e. The monoisotopic (exact) mass is 476 g/mol. The van der Waals surface area contributed by atoms with Crippen LogP contribution < -0.4 is 15.4 Å². The zero-order valence-corrected chi connectivity index (χ0v) is 19.6. The van der Waals surface area contributed by atoms with Crippen molar-refractivity contribution in [2.24, 2.45) is 0 Å². The van der Waals surface area contributed by atoms with Gasteiger partial charge >= 0.3 is 12.0 Å². The first kappa shape index (κ1) is 24.0. The molecule has 0 fully saturated rings. The van der Waals surface area contributed by atoms with Gasteiger partial charge in [-0.1, -0.05) is 54.7 Å². The second kappa shape index (κ2) is 11.2. The first-order chi connectivity index (χ1) is 15.4. The molecule has 1 atom stereocenters. The van der Waals surface area contributed by atoms with E-state index in [1.54, 1.807) is 37.3 Å². The summed E-state index contributed by atoms with van der Waals surface area (Å²) in [4.78, 5) is 25.0. The molecule has 170 valence electrons. The molecule has 0 bridgehead atoms. The van der Waals surface area contributed by atoms with Gasteiger partial charge in [-0.05, 0) is 49.6 Å². The lowest BCUT2D eigenvalue weighted by Crippen LogP contribution is -2.46. The Labute approximate surface area is 197 Å². The van der Waals surface area contributed by atoms with Crippen LogP contribution in [0.15, 0.2) is 53.7 Å². The number of unbranched alkanes of at least 4 members (excludes halogenated alkanes) is 1. The Kier molecular flexibility index (Phi) is 8.42. The molecule has 8 heteroatoms. The summed E-state index contributed by atoms with van der Waals surface area (Å²) in [6.45, 7) is 4.28. The van der Waals surface area contributed by atoms with Gasteiger partial charge in [-0.25, -0.2) is 9.59 Å². The molecular weight excluding hydrogens is 451 g/mol. The van der Waals surface area contributed by atoms with Gasteiger partial charge in [-0.3, -0.25) is 0 Å². The second-order valence-electron chi connectivity index (χ2n) is 7.31. The van der Waals surface area contributed by atoms with Crippen LogP contribution in [0.2, 0.25) is 10.0 Å². The van der Waals surface area contributed by atoms with Crippen molar-refractivity contribution in [2.45, 2.75) is 45.8 Å². The van der Waals surface area contributed by atoms with E-state index >= 15 is 0 Å². The zero-order valence-electron chi connectivity index (χ0n) is 18.0. The van der Waals surface area contributed by atoms with Gasteiger partial charge in [0.05, 0.1) is 18.2 Å². The molecule has 1 aliphatic rings. The maximum atomic E-state index is 12.7. The lowest BCUT2D eigenvalue weighted by Gasteiger charge is -2.29. The van der Waals surface area contributed by atoms with Crippen molar-refractivity contribution in [1.82, 2.24) is 10.6 Å². The van der Waals surface area contributed by atoms with Crippen molar-refractivity contribution in [3.8, 4) is 5.75 Å². The quantitative estimate of drug-likeness (QED) is 0.439. The lowest BCUT2D eigenvalue weighted by atomic mass is 9.93. The van der Waals surface area contributed by atoms with Crippen LogP contribution in [-0.2, 0) is 16.1 Å². The second-order valence-corrected chi connectivity index (χ2v) is 8.12. The number of amides is 2. The van der Waals surface area contributed by atoms with Gasteiger partial charge in [-0.2, -0.15) is 0 Å². The summed E-state index contributed by atoms with van der Waals surface area (Å²) in [5, 5.41) is 6.69. The molecule has 0 aliphatic carbocycles. The van der Waals surface area contributed by atoms with Crippen molar-refractivity contribution in [2.75, 3.05) is 6.61 Å². The number of allylic oxidation sites excluding steroid dienone is 1. The maximum absolute atomic E-state index is 12.7. The number of hydrogen-bond donors (Lipinski definition) is 2. The first-order valence-electron chi connectivity index (χ1n) is 10.6. The van der Waals surface area contributed by atoms with Gasteiger partial charge in [0.15, 0.2) is 0 Å². The average molecular weight is 477 g/mol. The van der Waals surface area contributed by atoms with Crippen LogP contribution in [-0.4, -0.2) is 18.6 Å². The van der Waals surface area contributed by atoms with E-state index < -0.39 is 12.0 Å². The van der Waals surface area contributed by atoms with Gasteiger partial charge < -0.3 is 20.1 Å². The fourth-order valence-corrected chi connectivity index (χ4v) is 3.96. The standard InChI is InChI=1S/C24H26Cl2N2O4/c1-3-5-9-20-21(23(29)31-4-2)22(28-24(30)27-20)15-10-12-16(13-11-15)32-14-17-18(25)7-6-8-19(17)26/h6-8,10-13,22H,3-5,9,14H2,1-2H3,(H2,27,28,30). The molecule has 2 N–H and O–H groups in total. The van der Waals surface area contributed by atoms with Crippen molar-refractivity contribution in [1.29, 1.82) is 0 Å². The fourth-order valence-electron chi connectivity index (χ4n) is 3.45. The van der Waals surface area contributed by atoms with E-state index in [-0.39, 0.29) is 19.2 Å². The molecule has 2 amide bonds. The summed E-state index contributed by atoms with van der Waals surface area (Å²) < 4.78 is 11.1. The highest BCUT2D eigenvalue weighted by atomic mass is 35.5. The Morgan fingerprint density at radius 3 is 2.38 bits per heavy atom. The molecule has 1 heterocycles. The van der Waals surface area contributed by atoms with Gasteiger partial charge in [-0.15, -0.1) is 0 Å². The molecule has 0 spiro atoms. The fraction of sp³-hybridized carbons (Fsp3) is 0.333. The first-order valence-corrected chi connectivity index (χ1v) is 11.3. The number of hydrogen-bond acceptors (Lipinski definition) is 4. The van der Waals surface area contributed by atoms with Gasteiger partial charge in [0.1, 0.15) is 12.4 Å². The van der Waals surface area contributed by atoms with Crippen LogP contribution in [0, 0.1) is 0 Å². The summed E-state index contributed by atoms with van der Waals surface area (Å²) in [5.41, 5.74) is 2.49. The van der Waals surface area contributed by atoms with E-state index in [2.05, 4.69) is 17.6 Å². The predicted octanol–water partition coefficient (Wildman–Crippen LogP) is 5.93. The van der Waals surface area contributed by atoms with Crippen molar-refractivity contribution in [3.05, 3.63) is 74.9 Å². The minimum absolute atomic E-state index is 0.219. The number of urea groups is 1. The molecule has 1 unspecified atom stereocenters. The zero-order chi connectivity index (χ0) is 23.1. The van der Waals surface area contributed by atoms with Crippen LogP contribution in [0.25, 0.3) is 0 Å². The summed E-state index contributed by atoms with van der Waals surface area (Å²) in [7, 11) is 0. The van der Waals surface area contributed by atoms with E-state index in [4.69, 9.17) is 32.7 Å². The van der Waals surface area contributed by atoms with Gasteiger partial charge in [0, 0.05) is 21.3 Å².